The molecule has 5 aromatic rings. The van der Waals surface area contributed by atoms with Gasteiger partial charge >= 0.3 is 0 Å². The molecule has 0 saturated carbocycles. The lowest BCUT2D eigenvalue weighted by Gasteiger charge is -2.13. The molecule has 0 radical (unpaired) electrons. The molecule has 0 spiro atoms. The number of nitrogens with one attached hydrogen (secondary N) is 1. The molecule has 5 rings (SSSR count). The topological polar surface area (TPSA) is 95.0 Å². The maximum Gasteiger partial charge on any atom is 0.161 e. The highest BCUT2D eigenvalue weighted by Gasteiger charge is 2.09. The molecule has 1 N–H and O–H groups in total. The standard InChI is InChI=1S/C26H23N5O3/c1-32-25-14-18(15-26-28-30-31-29-26)9-12-24(25)34-16-19-5-4-7-22(13-19)33-17-21-11-10-20-6-2-3-8-23(20)27-21/h2-14H,15-17H2,1H3,(H,28,29,30,31). The Morgan fingerprint density at radius 1 is 0.794 bits per heavy atom. The van der Waals surface area contributed by atoms with Gasteiger partial charge in [0.05, 0.1) is 18.3 Å². The van der Waals surface area contributed by atoms with Gasteiger partial charge in [-0.05, 0) is 58.0 Å². The normalized spacial score (nSPS) is 10.9. The molecule has 0 aliphatic carbocycles. The summed E-state index contributed by atoms with van der Waals surface area (Å²) in [5, 5.41) is 15.0. The van der Waals surface area contributed by atoms with Crippen LogP contribution in [0.1, 0.15) is 22.6 Å². The summed E-state index contributed by atoms with van der Waals surface area (Å²) < 4.78 is 17.5. The summed E-state index contributed by atoms with van der Waals surface area (Å²) in [5.41, 5.74) is 3.85. The Kier molecular flexibility index (Phi) is 6.29. The Bertz CT molecular complexity index is 1390. The lowest BCUT2D eigenvalue weighted by atomic mass is 10.1. The zero-order valence-electron chi connectivity index (χ0n) is 18.6. The van der Waals surface area contributed by atoms with Gasteiger partial charge in [0.2, 0.25) is 0 Å². The third-order valence-electron chi connectivity index (χ3n) is 5.32. The minimum Gasteiger partial charge on any atom is -0.493 e. The van der Waals surface area contributed by atoms with E-state index in [-0.39, 0.29) is 0 Å². The van der Waals surface area contributed by atoms with Crippen LogP contribution in [0.3, 0.4) is 0 Å². The van der Waals surface area contributed by atoms with Crippen molar-refractivity contribution in [3.63, 3.8) is 0 Å². The lowest BCUT2D eigenvalue weighted by Crippen LogP contribution is -2.01. The van der Waals surface area contributed by atoms with E-state index in [0.717, 1.165) is 33.5 Å². The molecule has 0 saturated heterocycles. The van der Waals surface area contributed by atoms with Crippen LogP contribution in [-0.4, -0.2) is 32.7 Å². The Labute approximate surface area is 196 Å². The minimum atomic E-state index is 0.382. The molecule has 0 unspecified atom stereocenters. The van der Waals surface area contributed by atoms with Crippen molar-refractivity contribution in [2.24, 2.45) is 0 Å². The van der Waals surface area contributed by atoms with E-state index in [2.05, 4.69) is 31.7 Å². The van der Waals surface area contributed by atoms with Gasteiger partial charge in [-0.3, -0.25) is 0 Å². The van der Waals surface area contributed by atoms with Gasteiger partial charge in [0.1, 0.15) is 19.0 Å². The zero-order chi connectivity index (χ0) is 23.2. The SMILES string of the molecule is COc1cc(Cc2nnn[nH]2)ccc1OCc1cccc(OCc2ccc3ccccc3n2)c1. The van der Waals surface area contributed by atoms with E-state index in [1.165, 1.54) is 0 Å². The number of hydrogen-bond acceptors (Lipinski definition) is 7. The second-order valence-corrected chi connectivity index (χ2v) is 7.73. The van der Waals surface area contributed by atoms with E-state index >= 15 is 0 Å². The van der Waals surface area contributed by atoms with E-state index in [0.29, 0.717) is 37.0 Å². The predicted octanol–water partition coefficient (Wildman–Crippen LogP) is 4.51. The van der Waals surface area contributed by atoms with E-state index in [1.54, 1.807) is 7.11 Å². The number of benzene rings is 3. The third-order valence-corrected chi connectivity index (χ3v) is 5.32. The Morgan fingerprint density at radius 3 is 2.62 bits per heavy atom. The quantitative estimate of drug-likeness (QED) is 0.351. The number of ether oxygens (including phenoxy) is 3. The van der Waals surface area contributed by atoms with Gasteiger partial charge in [-0.15, -0.1) is 5.10 Å². The van der Waals surface area contributed by atoms with Crippen LogP contribution < -0.4 is 14.2 Å². The molecule has 0 bridgehead atoms. The van der Waals surface area contributed by atoms with Gasteiger partial charge in [-0.2, -0.15) is 0 Å². The molecule has 2 aromatic heterocycles. The number of aromatic nitrogens is 5. The fourth-order valence-electron chi connectivity index (χ4n) is 3.62. The Balaban J connectivity index is 1.21. The van der Waals surface area contributed by atoms with Crippen molar-refractivity contribution in [1.82, 2.24) is 25.6 Å². The highest BCUT2D eigenvalue weighted by atomic mass is 16.5. The number of fused-ring (bicyclic) bond motifs is 1. The summed E-state index contributed by atoms with van der Waals surface area (Å²) >= 11 is 0. The number of para-hydroxylation sites is 1. The van der Waals surface area contributed by atoms with Crippen molar-refractivity contribution in [3.8, 4) is 17.2 Å². The summed E-state index contributed by atoms with van der Waals surface area (Å²) in [7, 11) is 1.62. The van der Waals surface area contributed by atoms with Crippen molar-refractivity contribution in [2.75, 3.05) is 7.11 Å². The van der Waals surface area contributed by atoms with Gasteiger partial charge < -0.3 is 14.2 Å². The third kappa shape index (κ3) is 5.12. The molecule has 8 heteroatoms. The first kappa shape index (κ1) is 21.4. The molecule has 0 amide bonds. The van der Waals surface area contributed by atoms with E-state index < -0.39 is 0 Å². The van der Waals surface area contributed by atoms with Crippen LogP contribution in [0.5, 0.6) is 17.2 Å². The average molecular weight is 454 g/mol. The highest BCUT2D eigenvalue weighted by Crippen LogP contribution is 2.30. The first-order valence-electron chi connectivity index (χ1n) is 10.9. The largest absolute Gasteiger partial charge is 0.493 e. The van der Waals surface area contributed by atoms with Crippen molar-refractivity contribution >= 4 is 10.9 Å². The van der Waals surface area contributed by atoms with Crippen LogP contribution in [0, 0.1) is 0 Å². The number of methoxy groups -OCH3 is 1. The molecule has 8 nitrogen and oxygen atoms in total. The summed E-state index contributed by atoms with van der Waals surface area (Å²) in [5.74, 6) is 2.76. The monoisotopic (exact) mass is 453 g/mol. The zero-order valence-corrected chi connectivity index (χ0v) is 18.6. The molecule has 0 aliphatic heterocycles. The molecule has 0 atom stereocenters. The first-order valence-corrected chi connectivity index (χ1v) is 10.9. The second kappa shape index (κ2) is 9.99. The molecule has 2 heterocycles. The van der Waals surface area contributed by atoms with Crippen LogP contribution >= 0.6 is 0 Å². The van der Waals surface area contributed by atoms with Crippen LogP contribution in [0.15, 0.2) is 78.9 Å². The molecule has 34 heavy (non-hydrogen) atoms. The summed E-state index contributed by atoms with van der Waals surface area (Å²) in [6.07, 6.45) is 0.578. The molecule has 3 aromatic carbocycles. The fraction of sp³-hybridized carbons (Fsp3) is 0.154. The van der Waals surface area contributed by atoms with Gasteiger partial charge in [0, 0.05) is 11.8 Å². The number of tetrazole rings is 1. The second-order valence-electron chi connectivity index (χ2n) is 7.73. The fourth-order valence-corrected chi connectivity index (χ4v) is 3.62. The van der Waals surface area contributed by atoms with Gasteiger partial charge in [-0.1, -0.05) is 42.5 Å². The summed E-state index contributed by atoms with van der Waals surface area (Å²) in [4.78, 5) is 4.66. The van der Waals surface area contributed by atoms with E-state index in [9.17, 15) is 0 Å². The minimum absolute atomic E-state index is 0.382. The number of pyridine rings is 1. The van der Waals surface area contributed by atoms with Crippen molar-refractivity contribution in [3.05, 3.63) is 102 Å². The lowest BCUT2D eigenvalue weighted by molar-refractivity contribution is 0.280. The van der Waals surface area contributed by atoms with Crippen LogP contribution in [0.25, 0.3) is 10.9 Å². The molecular weight excluding hydrogens is 430 g/mol. The van der Waals surface area contributed by atoms with Gasteiger partial charge in [-0.25, -0.2) is 10.1 Å². The van der Waals surface area contributed by atoms with Crippen LogP contribution in [0.2, 0.25) is 0 Å². The number of hydrogen-bond donors (Lipinski definition) is 1. The highest BCUT2D eigenvalue weighted by molar-refractivity contribution is 5.78. The Morgan fingerprint density at radius 2 is 1.74 bits per heavy atom. The maximum absolute atomic E-state index is 6.03. The number of H-pyrrole nitrogens is 1. The van der Waals surface area contributed by atoms with Crippen LogP contribution in [-0.2, 0) is 19.6 Å². The smallest absolute Gasteiger partial charge is 0.161 e. The molecular formula is C26H23N5O3. The first-order chi connectivity index (χ1) is 16.8. The molecule has 0 fully saturated rings. The predicted molar refractivity (Wildman–Crippen MR) is 127 cm³/mol. The summed E-state index contributed by atoms with van der Waals surface area (Å²) in [6.45, 7) is 0.776. The van der Waals surface area contributed by atoms with Crippen molar-refractivity contribution in [1.29, 1.82) is 0 Å². The molecule has 170 valence electrons. The molecule has 0 aliphatic rings. The summed E-state index contributed by atoms with van der Waals surface area (Å²) in [6, 6.07) is 25.7. The number of rotatable bonds is 9. The number of nitrogens with zero attached hydrogens (tertiary/aromatic N) is 4. The van der Waals surface area contributed by atoms with Crippen molar-refractivity contribution in [2.45, 2.75) is 19.6 Å². The average Bonchev–Trinajstić information content (AvgIpc) is 3.40. The Hall–Kier alpha value is -4.46. The number of aromatic amines is 1. The van der Waals surface area contributed by atoms with E-state index in [1.807, 2.05) is 72.8 Å². The van der Waals surface area contributed by atoms with Gasteiger partial charge in [0.25, 0.3) is 0 Å². The van der Waals surface area contributed by atoms with E-state index in [4.69, 9.17) is 14.2 Å². The van der Waals surface area contributed by atoms with Crippen LogP contribution in [0.4, 0.5) is 0 Å². The van der Waals surface area contributed by atoms with Gasteiger partial charge in [0.15, 0.2) is 17.3 Å². The maximum atomic E-state index is 6.03. The van der Waals surface area contributed by atoms with Crippen molar-refractivity contribution < 1.29 is 14.2 Å².